The summed E-state index contributed by atoms with van der Waals surface area (Å²) in [6.45, 7) is 0.325. The Hall–Kier alpha value is -2.89. The first-order valence-electron chi connectivity index (χ1n) is 11.4. The van der Waals surface area contributed by atoms with Crippen molar-refractivity contribution in [2.75, 3.05) is 17.5 Å². The first kappa shape index (κ1) is 21.9. The maximum atomic E-state index is 13.6. The summed E-state index contributed by atoms with van der Waals surface area (Å²) in [7, 11) is -4.33. The van der Waals surface area contributed by atoms with Gasteiger partial charge in [0.25, 0.3) is 0 Å². The minimum Gasteiger partial charge on any atom is -0.481 e. The fourth-order valence-corrected chi connectivity index (χ4v) is 3.37. The molecule has 3 N–H and O–H groups in total. The fraction of sp³-hybridized carbons (Fsp3) is 0.409. The molecule has 0 radical (unpaired) electrons. The largest absolute Gasteiger partial charge is 0.481 e. The minimum absolute atomic E-state index is 0.0798. The second-order valence-electron chi connectivity index (χ2n) is 7.77. The molecule has 0 saturated heterocycles. The number of anilines is 1. The quantitative estimate of drug-likeness (QED) is 0.467. The zero-order valence-electron chi connectivity index (χ0n) is 21.3. The average molecular weight is 485 g/mol. The van der Waals surface area contributed by atoms with E-state index in [1.54, 1.807) is 13.8 Å². The first-order valence-corrected chi connectivity index (χ1v) is 11.8. The van der Waals surface area contributed by atoms with E-state index in [4.69, 9.17) is 9.22 Å². The number of aromatic nitrogens is 2. The van der Waals surface area contributed by atoms with Crippen LogP contribution in [0, 0.1) is 5.82 Å². The topological polar surface area (TPSA) is 141 Å². The summed E-state index contributed by atoms with van der Waals surface area (Å²) in [6, 6.07) is 5.04. The van der Waals surface area contributed by atoms with Crippen molar-refractivity contribution in [1.29, 1.82) is 0 Å². The number of benzene rings is 1. The summed E-state index contributed by atoms with van der Waals surface area (Å²) < 4.78 is 61.5. The highest BCUT2D eigenvalue weighted by Gasteiger charge is 2.22. The van der Waals surface area contributed by atoms with Gasteiger partial charge in [-0.1, -0.05) is 26.0 Å². The number of aliphatic hydroxyl groups is 2. The molecule has 0 aliphatic carbocycles. The highest BCUT2D eigenvalue weighted by atomic mass is 32.2. The molecule has 1 heterocycles. The number of nitrogens with zero attached hydrogens (tertiary/aromatic N) is 3. The van der Waals surface area contributed by atoms with Crippen molar-refractivity contribution < 1.29 is 37.0 Å². The van der Waals surface area contributed by atoms with Gasteiger partial charge < -0.3 is 15.3 Å². The molecule has 2 atom stereocenters. The Kier molecular flexibility index (Phi) is 7.19. The Balaban J connectivity index is 2.74. The van der Waals surface area contributed by atoms with Crippen LogP contribution in [0.3, 0.4) is 0 Å². The van der Waals surface area contributed by atoms with Gasteiger partial charge in [0.15, 0.2) is 0 Å². The van der Waals surface area contributed by atoms with Crippen LogP contribution in [0.4, 0.5) is 10.3 Å². The molecule has 0 aliphatic heterocycles. The van der Waals surface area contributed by atoms with E-state index in [2.05, 4.69) is 9.97 Å². The average Bonchev–Trinajstić information content (AvgIpc) is 2.69. The molecule has 0 unspecified atom stereocenters. The summed E-state index contributed by atoms with van der Waals surface area (Å²) in [4.78, 5) is 19.2. The third-order valence-electron chi connectivity index (χ3n) is 4.55. The van der Waals surface area contributed by atoms with Crippen molar-refractivity contribution in [1.82, 2.24) is 9.97 Å². The molecule has 2 rings (SSSR count). The van der Waals surface area contributed by atoms with E-state index in [0.717, 1.165) is 12.1 Å². The number of carboxylic acids is 1. The van der Waals surface area contributed by atoms with Gasteiger partial charge in [0.1, 0.15) is 5.82 Å². The number of aliphatic carboxylic acids is 1. The molecule has 180 valence electrons. The number of rotatable bonds is 10. The van der Waals surface area contributed by atoms with Gasteiger partial charge in [-0.15, -0.1) is 0 Å². The molecule has 0 fully saturated rings. The highest BCUT2D eigenvalue weighted by Crippen LogP contribution is 2.31. The Labute approximate surface area is 196 Å². The van der Waals surface area contributed by atoms with E-state index in [9.17, 15) is 27.8 Å². The number of carbonyl (C=O) groups is 1. The summed E-state index contributed by atoms with van der Waals surface area (Å²) in [5.74, 6) is -2.75. The molecule has 1 aromatic carbocycles. The number of halogens is 1. The van der Waals surface area contributed by atoms with Crippen LogP contribution < -0.4 is 4.31 Å². The zero-order chi connectivity index (χ0) is 27.4. The molecule has 1 aromatic heterocycles. The maximum absolute atomic E-state index is 13.6. The van der Waals surface area contributed by atoms with Crippen LogP contribution in [0.5, 0.6) is 0 Å². The van der Waals surface area contributed by atoms with E-state index in [0.29, 0.717) is 17.4 Å². The molecule has 0 amide bonds. The van der Waals surface area contributed by atoms with Gasteiger partial charge >= 0.3 is 5.97 Å². The Morgan fingerprint density at radius 3 is 2.39 bits per heavy atom. The fourth-order valence-electron chi connectivity index (χ4n) is 3.00. The monoisotopic (exact) mass is 484 g/mol. The maximum Gasteiger partial charge on any atom is 0.305 e. The molecule has 33 heavy (non-hydrogen) atoms. The molecule has 11 heteroatoms. The Morgan fingerprint density at radius 2 is 1.88 bits per heavy atom. The lowest BCUT2D eigenvalue weighted by atomic mass is 9.97. The van der Waals surface area contributed by atoms with Crippen molar-refractivity contribution in [3.63, 3.8) is 0 Å². The number of hydrogen-bond acceptors (Lipinski definition) is 7. The van der Waals surface area contributed by atoms with Gasteiger partial charge in [0.2, 0.25) is 16.0 Å². The molecule has 2 aromatic rings. The van der Waals surface area contributed by atoms with Crippen LogP contribution in [-0.2, 0) is 14.8 Å². The van der Waals surface area contributed by atoms with E-state index < -0.39 is 53.4 Å². The van der Waals surface area contributed by atoms with Crippen LogP contribution in [-0.4, -0.2) is 65.1 Å². The second kappa shape index (κ2) is 10.8. The summed E-state index contributed by atoms with van der Waals surface area (Å²) in [5, 5.41) is 28.9. The van der Waals surface area contributed by atoms with Crippen LogP contribution in [0.25, 0.3) is 17.3 Å². The standard InChI is InChI=1S/C22H28FN3O6S/c1-13(2)20-18(10-9-16(27)11-17(28)12-19(29)30)21(14-5-7-15(23)8-6-14)25-22(24-20)26(3)33(4,31)32/h5-10,13,16-17,27-28H,11-12H2,1-4H3,(H,29,30)/b10-9+/t16-,17-/m1/s1/i3D3. The number of carboxylic acid groups (broad SMARTS) is 1. The van der Waals surface area contributed by atoms with Gasteiger partial charge in [-0.2, -0.15) is 0 Å². The predicted octanol–water partition coefficient (Wildman–Crippen LogP) is 2.40. The molecular weight excluding hydrogens is 453 g/mol. The number of sulfonamides is 1. The van der Waals surface area contributed by atoms with Crippen molar-refractivity contribution >= 4 is 28.0 Å². The Morgan fingerprint density at radius 1 is 1.24 bits per heavy atom. The van der Waals surface area contributed by atoms with Crippen molar-refractivity contribution in [2.24, 2.45) is 0 Å². The molecule has 9 nitrogen and oxygen atoms in total. The molecule has 0 spiro atoms. The van der Waals surface area contributed by atoms with E-state index in [-0.39, 0.29) is 28.0 Å². The van der Waals surface area contributed by atoms with Crippen molar-refractivity contribution in [3.05, 3.63) is 47.4 Å². The van der Waals surface area contributed by atoms with Crippen molar-refractivity contribution in [3.8, 4) is 11.3 Å². The third-order valence-corrected chi connectivity index (χ3v) is 5.38. The van der Waals surface area contributed by atoms with Crippen molar-refractivity contribution in [2.45, 2.75) is 44.8 Å². The van der Waals surface area contributed by atoms with Gasteiger partial charge in [0, 0.05) is 28.6 Å². The predicted molar refractivity (Wildman–Crippen MR) is 123 cm³/mol. The molecule has 0 bridgehead atoms. The molecule has 0 saturated carbocycles. The van der Waals surface area contributed by atoms with E-state index in [1.165, 1.54) is 24.3 Å². The Bertz CT molecular complexity index is 1220. The van der Waals surface area contributed by atoms with Gasteiger partial charge in [-0.25, -0.2) is 27.1 Å². The third kappa shape index (κ3) is 7.31. The summed E-state index contributed by atoms with van der Waals surface area (Å²) >= 11 is 0. The van der Waals surface area contributed by atoms with Crippen LogP contribution in [0.1, 0.15) is 48.0 Å². The van der Waals surface area contributed by atoms with Crippen LogP contribution in [0.2, 0.25) is 0 Å². The minimum atomic E-state index is -4.33. The normalized spacial score (nSPS) is 15.7. The highest BCUT2D eigenvalue weighted by molar-refractivity contribution is 7.92. The van der Waals surface area contributed by atoms with Gasteiger partial charge in [0.05, 0.1) is 36.3 Å². The van der Waals surface area contributed by atoms with Gasteiger partial charge in [-0.3, -0.25) is 4.79 Å². The van der Waals surface area contributed by atoms with Crippen LogP contribution in [0.15, 0.2) is 30.3 Å². The second-order valence-corrected chi connectivity index (χ2v) is 9.61. The zero-order valence-corrected chi connectivity index (χ0v) is 19.1. The lowest BCUT2D eigenvalue weighted by molar-refractivity contribution is -0.139. The van der Waals surface area contributed by atoms with E-state index in [1.807, 2.05) is 0 Å². The summed E-state index contributed by atoms with van der Waals surface area (Å²) in [5.41, 5.74) is 0.940. The first-order chi connectivity index (χ1) is 16.5. The molecule has 0 aliphatic rings. The number of aliphatic hydroxyl groups excluding tert-OH is 2. The smallest absolute Gasteiger partial charge is 0.305 e. The lowest BCUT2D eigenvalue weighted by Gasteiger charge is -2.20. The van der Waals surface area contributed by atoms with E-state index >= 15 is 0 Å². The number of hydrogen-bond donors (Lipinski definition) is 3. The van der Waals surface area contributed by atoms with Crippen LogP contribution >= 0.6 is 0 Å². The lowest BCUT2D eigenvalue weighted by Crippen LogP contribution is -2.27. The summed E-state index contributed by atoms with van der Waals surface area (Å²) in [6.07, 6.45) is 0.0147. The SMILES string of the molecule is [2H]C([2H])([2H])N(c1nc(-c2ccc(F)cc2)c(/C=C/[C@@H](O)C[C@@H](O)CC(=O)O)c(C(C)C)n1)S(C)(=O)=O. The van der Waals surface area contributed by atoms with Gasteiger partial charge in [-0.05, 0) is 30.2 Å². The molecular formula is C22H28FN3O6S.